The highest BCUT2D eigenvalue weighted by Crippen LogP contribution is 2.30. The second-order valence-corrected chi connectivity index (χ2v) is 7.97. The van der Waals surface area contributed by atoms with Gasteiger partial charge in [0.25, 0.3) is 0 Å². The third-order valence-electron chi connectivity index (χ3n) is 4.76. The van der Waals surface area contributed by atoms with E-state index in [0.717, 1.165) is 6.42 Å². The fraction of sp³-hybridized carbons (Fsp3) is 0.409. The van der Waals surface area contributed by atoms with Gasteiger partial charge in [0, 0.05) is 25.0 Å². The highest BCUT2D eigenvalue weighted by Gasteiger charge is 2.32. The predicted octanol–water partition coefficient (Wildman–Crippen LogP) is 4.41. The largest absolute Gasteiger partial charge is 0.444 e. The van der Waals surface area contributed by atoms with Gasteiger partial charge in [0.2, 0.25) is 0 Å². The van der Waals surface area contributed by atoms with Gasteiger partial charge in [0.1, 0.15) is 5.60 Å². The minimum atomic E-state index is -0.481. The van der Waals surface area contributed by atoms with Crippen LogP contribution in [0.2, 0.25) is 0 Å². The van der Waals surface area contributed by atoms with Crippen LogP contribution >= 0.6 is 0 Å². The fourth-order valence-corrected chi connectivity index (χ4v) is 3.44. The molecule has 4 heteroatoms. The molecule has 0 radical (unpaired) electrons. The van der Waals surface area contributed by atoms with Crippen LogP contribution in [-0.4, -0.2) is 35.7 Å². The number of carbonyl (C=O) groups excluding carboxylic acids is 1. The highest BCUT2D eigenvalue weighted by molar-refractivity contribution is 5.68. The van der Waals surface area contributed by atoms with Crippen LogP contribution in [0.25, 0.3) is 11.1 Å². The molecule has 1 aliphatic heterocycles. The summed E-state index contributed by atoms with van der Waals surface area (Å²) in [6.45, 7) is 6.84. The van der Waals surface area contributed by atoms with Crippen molar-refractivity contribution >= 4 is 6.09 Å². The van der Waals surface area contributed by atoms with E-state index in [9.17, 15) is 4.79 Å². The molecular formula is C22H28N2O2. The molecule has 2 unspecified atom stereocenters. The van der Waals surface area contributed by atoms with Crippen molar-refractivity contribution in [2.45, 2.75) is 44.8 Å². The van der Waals surface area contributed by atoms with Gasteiger partial charge in [-0.2, -0.15) is 0 Å². The van der Waals surface area contributed by atoms with Crippen molar-refractivity contribution in [3.63, 3.8) is 0 Å². The van der Waals surface area contributed by atoms with E-state index in [1.165, 1.54) is 16.7 Å². The van der Waals surface area contributed by atoms with E-state index in [1.807, 2.05) is 39.0 Å². The highest BCUT2D eigenvalue weighted by atomic mass is 16.6. The van der Waals surface area contributed by atoms with E-state index in [1.54, 1.807) is 4.90 Å². The maximum absolute atomic E-state index is 12.3. The number of hydrogen-bond donors (Lipinski definition) is 1. The van der Waals surface area contributed by atoms with Crippen molar-refractivity contribution in [1.82, 2.24) is 4.90 Å². The minimum absolute atomic E-state index is 0.0844. The van der Waals surface area contributed by atoms with Crippen molar-refractivity contribution in [1.29, 1.82) is 0 Å². The van der Waals surface area contributed by atoms with Gasteiger partial charge in [0.05, 0.1) is 0 Å². The summed E-state index contributed by atoms with van der Waals surface area (Å²) in [5.74, 6) is 0.263. The number of piperidine rings is 1. The molecule has 2 aromatic carbocycles. The summed E-state index contributed by atoms with van der Waals surface area (Å²) in [6.07, 6.45) is 0.580. The Hall–Kier alpha value is -2.33. The zero-order valence-corrected chi connectivity index (χ0v) is 15.8. The topological polar surface area (TPSA) is 55.6 Å². The van der Waals surface area contributed by atoms with Gasteiger partial charge in [-0.25, -0.2) is 4.79 Å². The van der Waals surface area contributed by atoms with E-state index in [4.69, 9.17) is 10.5 Å². The average molecular weight is 352 g/mol. The lowest BCUT2D eigenvalue weighted by Crippen LogP contribution is -2.50. The quantitative estimate of drug-likeness (QED) is 0.871. The van der Waals surface area contributed by atoms with Crippen LogP contribution in [-0.2, 0) is 4.74 Å². The standard InChI is InChI=1S/C22H28N2O2/c1-22(2,3)26-21(25)24-14-13-19(20(23)15-24)18-11-9-17(10-12-18)16-7-5-4-6-8-16/h4-12,19-20H,13-15,23H2,1-3H3. The molecular weight excluding hydrogens is 324 g/mol. The summed E-state index contributed by atoms with van der Waals surface area (Å²) in [7, 11) is 0. The minimum Gasteiger partial charge on any atom is -0.444 e. The Balaban J connectivity index is 1.65. The van der Waals surface area contributed by atoms with E-state index in [2.05, 4.69) is 36.4 Å². The molecule has 2 aromatic rings. The van der Waals surface area contributed by atoms with Crippen LogP contribution < -0.4 is 5.73 Å². The molecule has 1 aliphatic rings. The lowest BCUT2D eigenvalue weighted by molar-refractivity contribution is 0.0186. The summed E-state index contributed by atoms with van der Waals surface area (Å²) < 4.78 is 5.46. The van der Waals surface area contributed by atoms with Crippen molar-refractivity contribution in [3.8, 4) is 11.1 Å². The second-order valence-electron chi connectivity index (χ2n) is 7.97. The Morgan fingerprint density at radius 2 is 1.65 bits per heavy atom. The molecule has 4 nitrogen and oxygen atoms in total. The Labute approximate surface area is 156 Å². The fourth-order valence-electron chi connectivity index (χ4n) is 3.44. The number of ether oxygens (including phenoxy) is 1. The number of nitrogens with two attached hydrogens (primary N) is 1. The zero-order chi connectivity index (χ0) is 18.7. The summed E-state index contributed by atoms with van der Waals surface area (Å²) in [5, 5.41) is 0. The predicted molar refractivity (Wildman–Crippen MR) is 105 cm³/mol. The van der Waals surface area contributed by atoms with Gasteiger partial charge in [0.15, 0.2) is 0 Å². The molecule has 3 rings (SSSR count). The van der Waals surface area contributed by atoms with Gasteiger partial charge in [-0.3, -0.25) is 0 Å². The third-order valence-corrected chi connectivity index (χ3v) is 4.76. The maximum atomic E-state index is 12.3. The Bertz CT molecular complexity index is 735. The summed E-state index contributed by atoms with van der Waals surface area (Å²) in [4.78, 5) is 14.0. The summed E-state index contributed by atoms with van der Waals surface area (Å²) in [6, 6.07) is 18.9. The van der Waals surface area contributed by atoms with E-state index in [0.29, 0.717) is 13.1 Å². The number of amides is 1. The second kappa shape index (κ2) is 7.50. The molecule has 1 heterocycles. The Morgan fingerprint density at radius 3 is 2.23 bits per heavy atom. The monoisotopic (exact) mass is 352 g/mol. The zero-order valence-electron chi connectivity index (χ0n) is 15.8. The van der Waals surface area contributed by atoms with Crippen molar-refractivity contribution < 1.29 is 9.53 Å². The SMILES string of the molecule is CC(C)(C)OC(=O)N1CCC(c2ccc(-c3ccccc3)cc2)C(N)C1. The molecule has 0 aromatic heterocycles. The van der Waals surface area contributed by atoms with Crippen molar-refractivity contribution in [2.24, 2.45) is 5.73 Å². The number of nitrogens with zero attached hydrogens (tertiary/aromatic N) is 1. The maximum Gasteiger partial charge on any atom is 0.410 e. The van der Waals surface area contributed by atoms with Gasteiger partial charge >= 0.3 is 6.09 Å². The molecule has 0 spiro atoms. The normalized spacial score (nSPS) is 20.7. The van der Waals surface area contributed by atoms with Crippen LogP contribution in [0.4, 0.5) is 4.79 Å². The van der Waals surface area contributed by atoms with Gasteiger partial charge in [-0.1, -0.05) is 54.6 Å². The molecule has 1 amide bonds. The molecule has 1 fully saturated rings. The van der Waals surface area contributed by atoms with Gasteiger partial charge in [-0.15, -0.1) is 0 Å². The van der Waals surface area contributed by atoms with E-state index >= 15 is 0 Å². The van der Waals surface area contributed by atoms with Crippen molar-refractivity contribution in [2.75, 3.05) is 13.1 Å². The van der Waals surface area contributed by atoms with Crippen LogP contribution in [0.15, 0.2) is 54.6 Å². The first kappa shape index (κ1) is 18.5. The Morgan fingerprint density at radius 1 is 1.04 bits per heavy atom. The van der Waals surface area contributed by atoms with E-state index in [-0.39, 0.29) is 18.1 Å². The molecule has 2 N–H and O–H groups in total. The number of hydrogen-bond acceptors (Lipinski definition) is 3. The van der Waals surface area contributed by atoms with Gasteiger partial charge < -0.3 is 15.4 Å². The lowest BCUT2D eigenvalue weighted by atomic mass is 9.85. The number of carbonyl (C=O) groups is 1. The summed E-state index contributed by atoms with van der Waals surface area (Å²) in [5.41, 5.74) is 9.57. The molecule has 0 bridgehead atoms. The van der Waals surface area contributed by atoms with Crippen LogP contribution in [0.5, 0.6) is 0 Å². The molecule has 26 heavy (non-hydrogen) atoms. The number of rotatable bonds is 2. The van der Waals surface area contributed by atoms with Crippen LogP contribution in [0.1, 0.15) is 38.7 Å². The third kappa shape index (κ3) is 4.44. The molecule has 1 saturated heterocycles. The molecule has 138 valence electrons. The molecule has 0 saturated carbocycles. The van der Waals surface area contributed by atoms with Crippen molar-refractivity contribution in [3.05, 3.63) is 60.2 Å². The first-order chi connectivity index (χ1) is 12.3. The number of benzene rings is 2. The van der Waals surface area contributed by atoms with Crippen LogP contribution in [0.3, 0.4) is 0 Å². The first-order valence-electron chi connectivity index (χ1n) is 9.22. The average Bonchev–Trinajstić information content (AvgIpc) is 2.61. The van der Waals surface area contributed by atoms with Gasteiger partial charge in [-0.05, 0) is 43.9 Å². The molecule has 0 aliphatic carbocycles. The van der Waals surface area contributed by atoms with E-state index < -0.39 is 5.60 Å². The first-order valence-corrected chi connectivity index (χ1v) is 9.22. The molecule has 2 atom stereocenters. The smallest absolute Gasteiger partial charge is 0.410 e. The van der Waals surface area contributed by atoms with Crippen LogP contribution in [0, 0.1) is 0 Å². The number of likely N-dealkylation sites (tertiary alicyclic amines) is 1. The lowest BCUT2D eigenvalue weighted by Gasteiger charge is -2.37. The Kier molecular flexibility index (Phi) is 5.33. The summed E-state index contributed by atoms with van der Waals surface area (Å²) >= 11 is 0.